The molecule has 0 aliphatic carbocycles. The number of fused-ring (bicyclic) bond motifs is 1. The molecule has 0 radical (unpaired) electrons. The number of aromatic nitrogens is 4. The summed E-state index contributed by atoms with van der Waals surface area (Å²) >= 11 is 0. The Morgan fingerprint density at radius 1 is 0.936 bits per heavy atom. The van der Waals surface area contributed by atoms with Gasteiger partial charge >= 0.3 is 5.97 Å². The molecule has 0 spiro atoms. The molecule has 5 aromatic rings. The third-order valence-electron chi connectivity index (χ3n) is 7.88. The molecule has 1 aliphatic heterocycles. The second-order valence-electron chi connectivity index (χ2n) is 11.2. The van der Waals surface area contributed by atoms with Gasteiger partial charge < -0.3 is 24.3 Å². The molecule has 47 heavy (non-hydrogen) atoms. The zero-order valence-corrected chi connectivity index (χ0v) is 25.9. The van der Waals surface area contributed by atoms with E-state index in [-0.39, 0.29) is 24.9 Å². The highest BCUT2D eigenvalue weighted by Crippen LogP contribution is 2.45. The summed E-state index contributed by atoms with van der Waals surface area (Å²) in [6.45, 7) is 6.03. The topological polar surface area (TPSA) is 127 Å². The Hall–Kier alpha value is -5.23. The first-order valence-corrected chi connectivity index (χ1v) is 15.2. The first-order chi connectivity index (χ1) is 23.0. The van der Waals surface area contributed by atoms with Gasteiger partial charge in [0, 0.05) is 12.5 Å². The van der Waals surface area contributed by atoms with Crippen LogP contribution in [0.2, 0.25) is 0 Å². The molecule has 6 rings (SSSR count). The van der Waals surface area contributed by atoms with Gasteiger partial charge in [0.05, 0.1) is 26.1 Å². The molecule has 1 aliphatic rings. The molecule has 4 atom stereocenters. The van der Waals surface area contributed by atoms with Crippen molar-refractivity contribution < 1.29 is 28.5 Å². The number of ether oxygens (including phenoxy) is 4. The predicted octanol–water partition coefficient (Wildman–Crippen LogP) is 5.66. The minimum absolute atomic E-state index is 0.113. The van der Waals surface area contributed by atoms with Gasteiger partial charge in [-0.15, -0.1) is 6.58 Å². The fraction of sp³-hybridized carbons (Fsp3) is 0.250. The molecule has 0 unspecified atom stereocenters. The maximum atomic E-state index is 13.0. The number of imidazole rings is 1. The zero-order chi connectivity index (χ0) is 32.6. The molecule has 240 valence electrons. The van der Waals surface area contributed by atoms with Crippen molar-refractivity contribution in [3.63, 3.8) is 0 Å². The van der Waals surface area contributed by atoms with E-state index in [9.17, 15) is 9.59 Å². The smallest absolute Gasteiger partial charge is 0.303 e. The number of nitrogens with zero attached hydrogens (tertiary/aromatic N) is 4. The number of carbonyl (C=O) groups is 2. The molecule has 1 fully saturated rings. The number of amides is 1. The van der Waals surface area contributed by atoms with E-state index in [1.54, 1.807) is 34.9 Å². The van der Waals surface area contributed by atoms with Crippen molar-refractivity contribution in [3.8, 4) is 0 Å². The van der Waals surface area contributed by atoms with Crippen LogP contribution in [0, 0.1) is 0 Å². The van der Waals surface area contributed by atoms with E-state index in [1.807, 2.05) is 66.7 Å². The number of esters is 1. The molecule has 11 heteroatoms. The van der Waals surface area contributed by atoms with Gasteiger partial charge in [0.15, 0.2) is 29.3 Å². The average molecular weight is 634 g/mol. The number of benzene rings is 3. The maximum Gasteiger partial charge on any atom is 0.303 e. The summed E-state index contributed by atoms with van der Waals surface area (Å²) in [6, 6.07) is 28.3. The van der Waals surface area contributed by atoms with Crippen molar-refractivity contribution in [2.24, 2.45) is 0 Å². The maximum absolute atomic E-state index is 13.0. The lowest BCUT2D eigenvalue weighted by Crippen LogP contribution is -2.49. The summed E-state index contributed by atoms with van der Waals surface area (Å²) in [5, 5.41) is 2.83. The molecule has 2 aromatic heterocycles. The second-order valence-corrected chi connectivity index (χ2v) is 11.2. The lowest BCUT2D eigenvalue weighted by molar-refractivity contribution is -0.160. The first kappa shape index (κ1) is 31.7. The largest absolute Gasteiger partial charge is 0.455 e. The Bertz CT molecular complexity index is 1820. The lowest BCUT2D eigenvalue weighted by atomic mass is 9.91. The normalized spacial score (nSPS) is 20.6. The van der Waals surface area contributed by atoms with Crippen LogP contribution in [0.15, 0.2) is 116 Å². The van der Waals surface area contributed by atoms with E-state index >= 15 is 0 Å². The molecule has 0 bridgehead atoms. The summed E-state index contributed by atoms with van der Waals surface area (Å²) in [5.74, 6) is -0.624. The van der Waals surface area contributed by atoms with Gasteiger partial charge in [-0.2, -0.15) is 0 Å². The van der Waals surface area contributed by atoms with Gasteiger partial charge in [0.25, 0.3) is 5.91 Å². The van der Waals surface area contributed by atoms with Crippen molar-refractivity contribution in [1.29, 1.82) is 0 Å². The molecular weight excluding hydrogens is 598 g/mol. The van der Waals surface area contributed by atoms with Gasteiger partial charge in [-0.3, -0.25) is 14.2 Å². The molecule has 0 saturated carbocycles. The molecule has 1 amide bonds. The zero-order valence-electron chi connectivity index (χ0n) is 25.9. The van der Waals surface area contributed by atoms with Crippen LogP contribution in [-0.4, -0.2) is 55.8 Å². The van der Waals surface area contributed by atoms with Crippen molar-refractivity contribution in [3.05, 3.63) is 133 Å². The van der Waals surface area contributed by atoms with Gasteiger partial charge in [-0.05, 0) is 29.7 Å². The van der Waals surface area contributed by atoms with Crippen molar-refractivity contribution >= 4 is 28.9 Å². The second kappa shape index (κ2) is 14.5. The van der Waals surface area contributed by atoms with Crippen molar-refractivity contribution in [2.45, 2.75) is 50.6 Å². The highest BCUT2D eigenvalue weighted by atomic mass is 16.6. The summed E-state index contributed by atoms with van der Waals surface area (Å²) in [5.41, 5.74) is 2.00. The minimum Gasteiger partial charge on any atom is -0.455 e. The van der Waals surface area contributed by atoms with E-state index < -0.39 is 30.0 Å². The van der Waals surface area contributed by atoms with Gasteiger partial charge in [0.2, 0.25) is 0 Å². The molecule has 1 N–H and O–H groups in total. The summed E-state index contributed by atoms with van der Waals surface area (Å²) < 4.78 is 27.4. The number of nitrogens with one attached hydrogen (secondary N) is 1. The van der Waals surface area contributed by atoms with Crippen LogP contribution >= 0.6 is 0 Å². The third kappa shape index (κ3) is 7.12. The number of hydrogen-bond donors (Lipinski definition) is 1. The van der Waals surface area contributed by atoms with Crippen LogP contribution in [-0.2, 0) is 37.0 Å². The number of carbonyl (C=O) groups excluding carboxylic acids is 2. The van der Waals surface area contributed by atoms with E-state index in [0.717, 1.165) is 11.1 Å². The molecule has 3 aromatic carbocycles. The fourth-order valence-electron chi connectivity index (χ4n) is 5.76. The summed E-state index contributed by atoms with van der Waals surface area (Å²) in [6.07, 6.45) is 2.31. The van der Waals surface area contributed by atoms with E-state index in [1.165, 1.54) is 19.6 Å². The summed E-state index contributed by atoms with van der Waals surface area (Å²) in [7, 11) is 0. The number of rotatable bonds is 13. The van der Waals surface area contributed by atoms with Crippen LogP contribution in [0.3, 0.4) is 0 Å². The van der Waals surface area contributed by atoms with E-state index in [4.69, 9.17) is 18.9 Å². The Balaban J connectivity index is 1.36. The minimum atomic E-state index is -1.11. The standard InChI is InChI=1S/C36H35N5O6/c1-3-19-36(22-44-20-26-13-7-4-8-14-26)31(45-21-27-15-9-5-10-16-27)30(46-25(2)42)35(47-36)41-24-39-29-32(37-23-38-33(29)41)40-34(43)28-17-11-6-12-18-28/h3-18,23-24,30-31,35H,1,19-22H2,2H3,(H,37,38,40,43)/t30-,31+,35-,36-/m1/s1. The highest BCUT2D eigenvalue weighted by molar-refractivity contribution is 6.06. The van der Waals surface area contributed by atoms with Crippen LogP contribution in [0.1, 0.15) is 41.1 Å². The van der Waals surface area contributed by atoms with Crippen LogP contribution in [0.25, 0.3) is 11.2 Å². The van der Waals surface area contributed by atoms with Gasteiger partial charge in [-0.1, -0.05) is 84.9 Å². The Morgan fingerprint density at radius 3 is 2.26 bits per heavy atom. The van der Waals surface area contributed by atoms with Crippen LogP contribution < -0.4 is 5.32 Å². The molecular formula is C36H35N5O6. The van der Waals surface area contributed by atoms with Gasteiger partial charge in [0.1, 0.15) is 18.0 Å². The van der Waals surface area contributed by atoms with Crippen molar-refractivity contribution in [2.75, 3.05) is 11.9 Å². The first-order valence-electron chi connectivity index (χ1n) is 15.2. The fourth-order valence-corrected chi connectivity index (χ4v) is 5.76. The highest BCUT2D eigenvalue weighted by Gasteiger charge is 2.58. The quantitative estimate of drug-likeness (QED) is 0.129. The monoisotopic (exact) mass is 633 g/mol. The average Bonchev–Trinajstić information content (AvgIpc) is 3.64. The Morgan fingerprint density at radius 2 is 1.60 bits per heavy atom. The summed E-state index contributed by atoms with van der Waals surface area (Å²) in [4.78, 5) is 38.9. The Labute approximate surface area is 272 Å². The number of hydrogen-bond acceptors (Lipinski definition) is 9. The molecule has 11 nitrogen and oxygen atoms in total. The predicted molar refractivity (Wildman–Crippen MR) is 174 cm³/mol. The van der Waals surface area contributed by atoms with E-state index in [2.05, 4.69) is 26.8 Å². The third-order valence-corrected chi connectivity index (χ3v) is 7.88. The Kier molecular flexibility index (Phi) is 9.77. The number of anilines is 1. The molecule has 1 saturated heterocycles. The van der Waals surface area contributed by atoms with Crippen molar-refractivity contribution in [1.82, 2.24) is 19.5 Å². The molecule has 3 heterocycles. The van der Waals surface area contributed by atoms with Crippen LogP contribution in [0.4, 0.5) is 5.82 Å². The van der Waals surface area contributed by atoms with Gasteiger partial charge in [-0.25, -0.2) is 15.0 Å². The van der Waals surface area contributed by atoms with Crippen LogP contribution in [0.5, 0.6) is 0 Å². The SMILES string of the molecule is C=CC[C@]1(COCc2ccccc2)O[C@@H](n2cnc3c(NC(=O)c4ccccc4)ncnc32)[C@H](OC(C)=O)[C@@H]1OCc1ccccc1. The van der Waals surface area contributed by atoms with E-state index in [0.29, 0.717) is 29.8 Å². The lowest BCUT2D eigenvalue weighted by Gasteiger charge is -2.34.